The van der Waals surface area contributed by atoms with Crippen LogP contribution in [0.5, 0.6) is 11.5 Å². The standard InChI is InChI=1S/C27H23FN2O4S2/c1-2-33-23-14-19(8-13-22(23)34-17-25(31)29-16-18-6-4-3-5-7-18)15-24-26(32)30(27(35)36-24)21-11-9-20(28)10-12-21/h3-15H,2,16-17H2,1H3,(H,29,31)/b24-15-. The fourth-order valence-corrected chi connectivity index (χ4v) is 4.72. The summed E-state index contributed by atoms with van der Waals surface area (Å²) >= 11 is 6.54. The molecular formula is C27H23FN2O4S2. The fraction of sp³-hybridized carbons (Fsp3) is 0.148. The number of nitrogens with zero attached hydrogens (tertiary/aromatic N) is 1. The molecule has 1 aliphatic rings. The van der Waals surface area contributed by atoms with Crippen molar-refractivity contribution < 1.29 is 23.5 Å². The van der Waals surface area contributed by atoms with Crippen molar-refractivity contribution in [3.05, 3.63) is 94.6 Å². The van der Waals surface area contributed by atoms with E-state index in [1.165, 1.54) is 40.9 Å². The first-order valence-electron chi connectivity index (χ1n) is 11.2. The molecule has 184 valence electrons. The van der Waals surface area contributed by atoms with E-state index in [-0.39, 0.29) is 24.2 Å². The molecule has 0 bridgehead atoms. The molecule has 4 rings (SSSR count). The third kappa shape index (κ3) is 6.30. The molecule has 1 fully saturated rings. The van der Waals surface area contributed by atoms with Crippen LogP contribution >= 0.6 is 24.0 Å². The molecule has 9 heteroatoms. The second kappa shape index (κ2) is 11.8. The third-order valence-electron chi connectivity index (χ3n) is 5.14. The van der Waals surface area contributed by atoms with E-state index < -0.39 is 0 Å². The van der Waals surface area contributed by atoms with Gasteiger partial charge in [0.2, 0.25) is 0 Å². The van der Waals surface area contributed by atoms with Gasteiger partial charge in [0.25, 0.3) is 11.8 Å². The molecule has 2 amide bonds. The van der Waals surface area contributed by atoms with Crippen LogP contribution in [-0.4, -0.2) is 29.3 Å². The van der Waals surface area contributed by atoms with Crippen molar-refractivity contribution in [1.29, 1.82) is 0 Å². The predicted octanol–water partition coefficient (Wildman–Crippen LogP) is 5.33. The van der Waals surface area contributed by atoms with Gasteiger partial charge < -0.3 is 14.8 Å². The molecule has 0 radical (unpaired) electrons. The molecule has 1 N–H and O–H groups in total. The summed E-state index contributed by atoms with van der Waals surface area (Å²) in [5, 5.41) is 2.82. The average Bonchev–Trinajstić information content (AvgIpc) is 3.16. The molecule has 1 saturated heterocycles. The summed E-state index contributed by atoms with van der Waals surface area (Å²) in [6, 6.07) is 20.4. The van der Waals surface area contributed by atoms with Crippen LogP contribution in [0.25, 0.3) is 6.08 Å². The molecule has 0 atom stereocenters. The Bertz CT molecular complexity index is 1300. The van der Waals surface area contributed by atoms with Crippen LogP contribution in [0.2, 0.25) is 0 Å². The summed E-state index contributed by atoms with van der Waals surface area (Å²) in [4.78, 5) is 27.0. The number of amides is 2. The van der Waals surface area contributed by atoms with Gasteiger partial charge in [0.05, 0.1) is 17.2 Å². The second-order valence-corrected chi connectivity index (χ2v) is 9.36. The highest BCUT2D eigenvalue weighted by Gasteiger charge is 2.33. The van der Waals surface area contributed by atoms with E-state index in [1.54, 1.807) is 24.3 Å². The minimum absolute atomic E-state index is 0.164. The van der Waals surface area contributed by atoms with Crippen molar-refractivity contribution in [1.82, 2.24) is 5.32 Å². The van der Waals surface area contributed by atoms with Crippen molar-refractivity contribution in [3.63, 3.8) is 0 Å². The Morgan fingerprint density at radius 2 is 1.81 bits per heavy atom. The van der Waals surface area contributed by atoms with Gasteiger partial charge in [-0.2, -0.15) is 0 Å². The monoisotopic (exact) mass is 522 g/mol. The first kappa shape index (κ1) is 25.4. The van der Waals surface area contributed by atoms with Gasteiger partial charge >= 0.3 is 0 Å². The van der Waals surface area contributed by atoms with Crippen molar-refractivity contribution in [2.75, 3.05) is 18.1 Å². The maximum absolute atomic E-state index is 13.3. The number of anilines is 1. The lowest BCUT2D eigenvalue weighted by Crippen LogP contribution is -2.28. The minimum atomic E-state index is -0.390. The number of nitrogens with one attached hydrogen (secondary N) is 1. The maximum Gasteiger partial charge on any atom is 0.270 e. The highest BCUT2D eigenvalue weighted by atomic mass is 32.2. The molecule has 0 spiro atoms. The first-order valence-corrected chi connectivity index (χ1v) is 12.4. The maximum atomic E-state index is 13.3. The fourth-order valence-electron chi connectivity index (χ4n) is 3.42. The number of halogens is 1. The number of benzene rings is 3. The summed E-state index contributed by atoms with van der Waals surface area (Å²) in [7, 11) is 0. The van der Waals surface area contributed by atoms with Gasteiger partial charge in [-0.15, -0.1) is 0 Å². The zero-order chi connectivity index (χ0) is 25.5. The SMILES string of the molecule is CCOc1cc(/C=C2\SC(=S)N(c3ccc(F)cc3)C2=O)ccc1OCC(=O)NCc1ccccc1. The Balaban J connectivity index is 1.44. The number of hydrogen-bond acceptors (Lipinski definition) is 6. The number of ether oxygens (including phenoxy) is 2. The summed E-state index contributed by atoms with van der Waals surface area (Å²) in [5.74, 6) is -0.0576. The number of thioether (sulfide) groups is 1. The second-order valence-electron chi connectivity index (χ2n) is 7.68. The molecule has 3 aromatic carbocycles. The van der Waals surface area contributed by atoms with E-state index in [1.807, 2.05) is 37.3 Å². The average molecular weight is 523 g/mol. The summed E-state index contributed by atoms with van der Waals surface area (Å²) in [6.45, 7) is 2.49. The number of hydrogen-bond donors (Lipinski definition) is 1. The number of rotatable bonds is 9. The molecule has 36 heavy (non-hydrogen) atoms. The quantitative estimate of drug-likeness (QED) is 0.303. The normalized spacial score (nSPS) is 14.3. The predicted molar refractivity (Wildman–Crippen MR) is 143 cm³/mol. The van der Waals surface area contributed by atoms with Crippen molar-refractivity contribution in [3.8, 4) is 11.5 Å². The summed E-state index contributed by atoms with van der Waals surface area (Å²) in [6.07, 6.45) is 1.71. The number of carbonyl (C=O) groups excluding carboxylic acids is 2. The molecule has 1 heterocycles. The Labute approximate surface area is 218 Å². The molecule has 6 nitrogen and oxygen atoms in total. The number of carbonyl (C=O) groups is 2. The van der Waals surface area contributed by atoms with E-state index in [2.05, 4.69) is 5.32 Å². The Kier molecular flexibility index (Phi) is 8.35. The van der Waals surface area contributed by atoms with Crippen molar-refractivity contribution in [2.24, 2.45) is 0 Å². The van der Waals surface area contributed by atoms with E-state index >= 15 is 0 Å². The van der Waals surface area contributed by atoms with Gasteiger partial charge in [-0.1, -0.05) is 60.4 Å². The van der Waals surface area contributed by atoms with Gasteiger partial charge in [0.15, 0.2) is 22.4 Å². The van der Waals surface area contributed by atoms with Crippen molar-refractivity contribution >= 4 is 51.9 Å². The highest BCUT2D eigenvalue weighted by molar-refractivity contribution is 8.27. The van der Waals surface area contributed by atoms with Crippen molar-refractivity contribution in [2.45, 2.75) is 13.5 Å². The molecular weight excluding hydrogens is 499 g/mol. The molecule has 0 aliphatic carbocycles. The van der Waals surface area contributed by atoms with Crippen LogP contribution in [0.15, 0.2) is 77.7 Å². The van der Waals surface area contributed by atoms with Crippen LogP contribution < -0.4 is 19.7 Å². The Morgan fingerprint density at radius 3 is 2.53 bits per heavy atom. The third-order valence-corrected chi connectivity index (χ3v) is 6.44. The van der Waals surface area contributed by atoms with E-state index in [4.69, 9.17) is 21.7 Å². The smallest absolute Gasteiger partial charge is 0.270 e. The van der Waals surface area contributed by atoms with Crippen LogP contribution in [0, 0.1) is 5.82 Å². The van der Waals surface area contributed by atoms with E-state index in [9.17, 15) is 14.0 Å². The Morgan fingerprint density at radius 1 is 1.06 bits per heavy atom. The van der Waals surface area contributed by atoms with Crippen LogP contribution in [0.3, 0.4) is 0 Å². The topological polar surface area (TPSA) is 67.9 Å². The van der Waals surface area contributed by atoms with E-state index in [0.29, 0.717) is 45.1 Å². The first-order chi connectivity index (χ1) is 17.4. The van der Waals surface area contributed by atoms with Crippen LogP contribution in [0.1, 0.15) is 18.1 Å². The largest absolute Gasteiger partial charge is 0.490 e. The Hall–Kier alpha value is -3.69. The lowest BCUT2D eigenvalue weighted by molar-refractivity contribution is -0.123. The molecule has 0 aromatic heterocycles. The van der Waals surface area contributed by atoms with Gasteiger partial charge in [-0.05, 0) is 60.5 Å². The van der Waals surface area contributed by atoms with Gasteiger partial charge in [-0.3, -0.25) is 14.5 Å². The molecule has 1 aliphatic heterocycles. The van der Waals surface area contributed by atoms with Crippen LogP contribution in [0.4, 0.5) is 10.1 Å². The van der Waals surface area contributed by atoms with Gasteiger partial charge in [0.1, 0.15) is 5.82 Å². The van der Waals surface area contributed by atoms with Gasteiger partial charge in [0, 0.05) is 6.54 Å². The highest BCUT2D eigenvalue weighted by Crippen LogP contribution is 2.37. The van der Waals surface area contributed by atoms with Crippen LogP contribution in [-0.2, 0) is 16.1 Å². The van der Waals surface area contributed by atoms with Gasteiger partial charge in [-0.25, -0.2) is 4.39 Å². The molecule has 3 aromatic rings. The minimum Gasteiger partial charge on any atom is -0.490 e. The lowest BCUT2D eigenvalue weighted by atomic mass is 10.1. The number of thiocarbonyl (C=S) groups is 1. The lowest BCUT2D eigenvalue weighted by Gasteiger charge is -2.14. The zero-order valence-electron chi connectivity index (χ0n) is 19.4. The summed E-state index contributed by atoms with van der Waals surface area (Å²) < 4.78 is 25.0. The zero-order valence-corrected chi connectivity index (χ0v) is 21.0. The van der Waals surface area contributed by atoms with E-state index in [0.717, 1.165) is 5.56 Å². The summed E-state index contributed by atoms with van der Waals surface area (Å²) in [5.41, 5.74) is 2.21. The molecule has 0 unspecified atom stereocenters. The molecule has 0 saturated carbocycles.